The number of nitrogens with one attached hydrogen (secondary N) is 7. The Labute approximate surface area is 564 Å². The van der Waals surface area contributed by atoms with Crippen molar-refractivity contribution in [3.63, 3.8) is 0 Å². The Bertz CT molecular complexity index is 3250. The minimum atomic E-state index is -1.86. The summed E-state index contributed by atoms with van der Waals surface area (Å²) in [6.45, 7) is 16.5. The van der Waals surface area contributed by atoms with Crippen LogP contribution < -0.4 is 59.2 Å². The van der Waals surface area contributed by atoms with Crippen molar-refractivity contribution >= 4 is 83.1 Å². The predicted octanol–water partition coefficient (Wildman–Crippen LogP) is 4.41. The third-order valence-corrected chi connectivity index (χ3v) is 17.0. The molecule has 5 rings (SSSR count). The molecular weight excluding hydrogens is 1250 g/mol. The first-order chi connectivity index (χ1) is 45.2. The molecule has 1 heterocycles. The van der Waals surface area contributed by atoms with Gasteiger partial charge in [0.05, 0.1) is 17.7 Å². The van der Waals surface area contributed by atoms with Gasteiger partial charge in [0, 0.05) is 25.1 Å². The number of amides is 11. The number of nitrogens with zero attached hydrogens (tertiary/aromatic N) is 1. The Morgan fingerprint density at radius 3 is 1.59 bits per heavy atom. The fourth-order valence-corrected chi connectivity index (χ4v) is 12.2. The molecule has 26 nitrogen and oxygen atoms in total. The van der Waals surface area contributed by atoms with Gasteiger partial charge in [-0.1, -0.05) is 137 Å². The van der Waals surface area contributed by atoms with E-state index in [0.717, 1.165) is 16.7 Å². The monoisotopic (exact) mass is 1350 g/mol. The van der Waals surface area contributed by atoms with Crippen molar-refractivity contribution in [2.75, 3.05) is 18.8 Å². The van der Waals surface area contributed by atoms with Gasteiger partial charge in [0.25, 0.3) is 0 Å². The minimum Gasteiger partial charge on any atom is -0.444 e. The lowest BCUT2D eigenvalue weighted by Crippen LogP contribution is -2.61. The molecule has 96 heavy (non-hydrogen) atoms. The summed E-state index contributed by atoms with van der Waals surface area (Å²) in [7, 11) is 0. The van der Waals surface area contributed by atoms with Gasteiger partial charge in [-0.2, -0.15) is 0 Å². The van der Waals surface area contributed by atoms with Crippen molar-refractivity contribution in [3.8, 4) is 5.75 Å². The van der Waals surface area contributed by atoms with Crippen molar-refractivity contribution in [2.24, 2.45) is 29.0 Å². The van der Waals surface area contributed by atoms with Gasteiger partial charge in [-0.25, -0.2) is 9.59 Å². The Balaban J connectivity index is 1.50. The summed E-state index contributed by atoms with van der Waals surface area (Å²) in [5.74, 6) is -9.72. The molecular formula is C69H93N11O15S. The summed E-state index contributed by atoms with van der Waals surface area (Å²) >= 11 is 1.29. The maximum absolute atomic E-state index is 15.5. The van der Waals surface area contributed by atoms with E-state index in [9.17, 15) is 47.9 Å². The van der Waals surface area contributed by atoms with Gasteiger partial charge in [0.1, 0.15) is 59.2 Å². The number of benzene rings is 4. The molecule has 1 aliphatic rings. The zero-order valence-corrected chi connectivity index (χ0v) is 57.0. The number of primary amides is 3. The molecule has 8 unspecified atom stereocenters. The van der Waals surface area contributed by atoms with E-state index in [-0.39, 0.29) is 49.6 Å². The second kappa shape index (κ2) is 35.8. The van der Waals surface area contributed by atoms with Gasteiger partial charge >= 0.3 is 12.2 Å². The molecule has 1 saturated heterocycles. The van der Waals surface area contributed by atoms with Crippen LogP contribution in [0.5, 0.6) is 5.75 Å². The van der Waals surface area contributed by atoms with Crippen molar-refractivity contribution < 1.29 is 71.7 Å². The molecule has 0 radical (unpaired) electrons. The van der Waals surface area contributed by atoms with E-state index in [1.165, 1.54) is 28.8 Å². The Hall–Kier alpha value is -9.53. The van der Waals surface area contributed by atoms with Crippen LogP contribution in [0.15, 0.2) is 115 Å². The standard InChI is InChI=1S/C69H93N11O15S/c1-11-42(4)57(79-61(87)50(78-65(91)94-67(5,6)7)37-43-29-31-47(32-30-43)93-66(92)95-68(8,9)10)63(89)74-48(33-34-54(70)81)59(85)75-51(38-55(71)82)60(86)77-52(64(90)80-35-21-28-53(80)62(88)76-49(36-41(2)3)58(84)73-39-56(72)83)40-96-69(44-22-15-12-16-23-44,45-24-17-13-18-25-45)46-26-19-14-20-27-46/h12-20,22-27,29-32,41-42,48-53,57H,11,21,28,33-40H2,1-10H3,(H2,70,81)(H2,71,82)(H2,72,83)(H,73,84)(H,74,89)(H,75,85)(H,76,88)(H,77,86)(H,78,91)(H,79,87). The molecule has 4 aromatic rings. The fraction of sp³-hybridized carbons (Fsp3) is 0.478. The third kappa shape index (κ3) is 24.0. The first kappa shape index (κ1) is 77.2. The zero-order chi connectivity index (χ0) is 71.1. The SMILES string of the molecule is CCC(C)C(NC(=O)C(Cc1ccc(OC(=O)OC(C)(C)C)cc1)NC(=O)OC(C)(C)C)C(=O)NC(CCC(N)=O)C(=O)NC(CC(N)=O)C(=O)NC(CSC(c1ccccc1)(c1ccccc1)c1ccccc1)C(=O)N1CCCC1C(=O)NC(CC(C)C)C(=O)NCC(N)=O. The number of alkyl carbamates (subject to hydrolysis) is 1. The van der Waals surface area contributed by atoms with Crippen LogP contribution in [0.2, 0.25) is 0 Å². The number of nitrogens with two attached hydrogens (primary N) is 3. The molecule has 0 spiro atoms. The van der Waals surface area contributed by atoms with Crippen LogP contribution in [-0.2, 0) is 68.6 Å². The largest absolute Gasteiger partial charge is 0.514 e. The number of hydrogen-bond acceptors (Lipinski definition) is 16. The third-order valence-electron chi connectivity index (χ3n) is 15.3. The smallest absolute Gasteiger partial charge is 0.444 e. The summed E-state index contributed by atoms with van der Waals surface area (Å²) in [6, 6.07) is 24.1. The summed E-state index contributed by atoms with van der Waals surface area (Å²) < 4.78 is 14.9. The molecule has 520 valence electrons. The number of likely N-dealkylation sites (tertiary alicyclic amines) is 1. The van der Waals surface area contributed by atoms with E-state index in [4.69, 9.17) is 31.4 Å². The zero-order valence-electron chi connectivity index (χ0n) is 56.2. The molecule has 13 N–H and O–H groups in total. The lowest BCUT2D eigenvalue weighted by atomic mass is 9.84. The Morgan fingerprint density at radius 2 is 1.09 bits per heavy atom. The molecule has 0 aliphatic carbocycles. The van der Waals surface area contributed by atoms with E-state index in [1.807, 2.05) is 105 Å². The maximum Gasteiger partial charge on any atom is 0.514 e. The van der Waals surface area contributed by atoms with Gasteiger partial charge in [0.15, 0.2) is 0 Å². The molecule has 8 atom stereocenters. The van der Waals surface area contributed by atoms with Crippen molar-refractivity contribution in [2.45, 2.75) is 179 Å². The highest BCUT2D eigenvalue weighted by atomic mass is 32.2. The summed E-state index contributed by atoms with van der Waals surface area (Å²) in [5, 5.41) is 18.3. The van der Waals surface area contributed by atoms with Crippen LogP contribution in [0.1, 0.15) is 136 Å². The normalized spacial score (nSPS) is 15.3. The lowest BCUT2D eigenvalue weighted by Gasteiger charge is -2.37. The molecule has 11 amide bonds. The van der Waals surface area contributed by atoms with E-state index < -0.39 is 161 Å². The maximum atomic E-state index is 15.5. The average Bonchev–Trinajstić information content (AvgIpc) is 1.07. The molecule has 0 saturated carbocycles. The van der Waals surface area contributed by atoms with E-state index in [0.29, 0.717) is 12.0 Å². The quantitative estimate of drug-likeness (QED) is 0.0179. The van der Waals surface area contributed by atoms with Crippen LogP contribution in [-0.4, -0.2) is 149 Å². The van der Waals surface area contributed by atoms with Gasteiger partial charge in [0.2, 0.25) is 59.1 Å². The number of ether oxygens (including phenoxy) is 3. The van der Waals surface area contributed by atoms with Gasteiger partial charge in [-0.15, -0.1) is 11.8 Å². The van der Waals surface area contributed by atoms with Gasteiger partial charge in [-0.05, 0) is 113 Å². The minimum absolute atomic E-state index is 0.0297. The van der Waals surface area contributed by atoms with Crippen LogP contribution in [0, 0.1) is 11.8 Å². The van der Waals surface area contributed by atoms with E-state index >= 15 is 9.59 Å². The fourth-order valence-electron chi connectivity index (χ4n) is 10.6. The number of rotatable bonds is 33. The average molecular weight is 1350 g/mol. The van der Waals surface area contributed by atoms with Crippen LogP contribution in [0.4, 0.5) is 9.59 Å². The topological polar surface area (TPSA) is 398 Å². The second-order valence-corrected chi connectivity index (χ2v) is 27.2. The predicted molar refractivity (Wildman–Crippen MR) is 360 cm³/mol. The van der Waals surface area contributed by atoms with Crippen LogP contribution in [0.25, 0.3) is 0 Å². The Morgan fingerprint density at radius 1 is 0.573 bits per heavy atom. The summed E-state index contributed by atoms with van der Waals surface area (Å²) in [5.41, 5.74) is 17.7. The van der Waals surface area contributed by atoms with E-state index in [2.05, 4.69) is 37.2 Å². The number of thioether (sulfide) groups is 1. The van der Waals surface area contributed by atoms with E-state index in [1.54, 1.807) is 67.5 Å². The number of carbonyl (C=O) groups is 12. The molecule has 4 aromatic carbocycles. The summed E-state index contributed by atoms with van der Waals surface area (Å²) in [6.07, 6.45) is -2.98. The first-order valence-electron chi connectivity index (χ1n) is 31.9. The molecule has 1 fully saturated rings. The van der Waals surface area contributed by atoms with Gasteiger partial charge in [-0.3, -0.25) is 47.9 Å². The highest BCUT2D eigenvalue weighted by Crippen LogP contribution is 2.49. The first-order valence-corrected chi connectivity index (χ1v) is 32.9. The lowest BCUT2D eigenvalue weighted by molar-refractivity contribution is -0.142. The molecule has 1 aliphatic heterocycles. The molecule has 0 bridgehead atoms. The van der Waals surface area contributed by atoms with Crippen molar-refractivity contribution in [1.29, 1.82) is 0 Å². The van der Waals surface area contributed by atoms with Crippen molar-refractivity contribution in [3.05, 3.63) is 138 Å². The van der Waals surface area contributed by atoms with Crippen LogP contribution >= 0.6 is 11.8 Å². The number of hydrogen-bond donors (Lipinski definition) is 10. The number of carbonyl (C=O) groups excluding carboxylic acids is 12. The molecule has 0 aromatic heterocycles. The van der Waals surface area contributed by atoms with Crippen LogP contribution in [0.3, 0.4) is 0 Å². The van der Waals surface area contributed by atoms with Crippen molar-refractivity contribution in [1.82, 2.24) is 42.1 Å². The summed E-state index contributed by atoms with van der Waals surface area (Å²) in [4.78, 5) is 166. The molecule has 27 heteroatoms. The second-order valence-electron chi connectivity index (χ2n) is 26.0. The highest BCUT2D eigenvalue weighted by molar-refractivity contribution is 8.00. The van der Waals surface area contributed by atoms with Gasteiger partial charge < -0.3 is 73.5 Å². The highest BCUT2D eigenvalue weighted by Gasteiger charge is 2.44. The Kier molecular flexibility index (Phi) is 28.8.